The summed E-state index contributed by atoms with van der Waals surface area (Å²) in [5, 5.41) is 7.46. The maximum absolute atomic E-state index is 13.7. The molecule has 140 valence electrons. The molecule has 1 heterocycles. The van der Waals surface area contributed by atoms with E-state index in [9.17, 15) is 18.0 Å². The highest BCUT2D eigenvalue weighted by Crippen LogP contribution is 2.27. The molecule has 0 aliphatic carbocycles. The zero-order valence-electron chi connectivity index (χ0n) is 14.4. The van der Waals surface area contributed by atoms with Gasteiger partial charge in [0, 0.05) is 10.9 Å². The zero-order chi connectivity index (χ0) is 19.4. The maximum atomic E-state index is 13.7. The summed E-state index contributed by atoms with van der Waals surface area (Å²) in [6, 6.07) is 11.6. The molecule has 0 fully saturated rings. The van der Waals surface area contributed by atoms with Gasteiger partial charge in [-0.05, 0) is 48.2 Å². The van der Waals surface area contributed by atoms with Gasteiger partial charge >= 0.3 is 0 Å². The molecule has 2 aromatic carbocycles. The average Bonchev–Trinajstić information content (AvgIpc) is 3.18. The highest BCUT2D eigenvalue weighted by molar-refractivity contribution is 7.10. The molecule has 3 nitrogen and oxygen atoms in total. The summed E-state index contributed by atoms with van der Waals surface area (Å²) >= 11 is 1.49. The van der Waals surface area contributed by atoms with Crippen LogP contribution in [0, 0.1) is 17.5 Å². The lowest BCUT2D eigenvalue weighted by molar-refractivity contribution is -0.117. The van der Waals surface area contributed by atoms with Crippen LogP contribution in [-0.4, -0.2) is 11.9 Å². The van der Waals surface area contributed by atoms with Crippen molar-refractivity contribution in [1.82, 2.24) is 5.32 Å². The lowest BCUT2D eigenvalue weighted by Gasteiger charge is -2.23. The van der Waals surface area contributed by atoms with E-state index >= 15 is 0 Å². The Bertz CT molecular complexity index is 913. The van der Waals surface area contributed by atoms with E-state index in [2.05, 4.69) is 10.6 Å². The van der Waals surface area contributed by atoms with E-state index in [1.54, 1.807) is 19.1 Å². The summed E-state index contributed by atoms with van der Waals surface area (Å²) in [6.07, 6.45) is 0. The van der Waals surface area contributed by atoms with Gasteiger partial charge in [0.05, 0.1) is 17.8 Å². The van der Waals surface area contributed by atoms with E-state index in [1.807, 2.05) is 17.5 Å². The Morgan fingerprint density at radius 2 is 1.70 bits per heavy atom. The highest BCUT2D eigenvalue weighted by atomic mass is 32.1. The molecule has 0 unspecified atom stereocenters. The van der Waals surface area contributed by atoms with Crippen LogP contribution in [0.15, 0.2) is 60.0 Å². The number of carbonyl (C=O) groups excluding carboxylic acids is 1. The third-order valence-electron chi connectivity index (χ3n) is 4.03. The van der Waals surface area contributed by atoms with Crippen molar-refractivity contribution in [2.45, 2.75) is 19.0 Å². The molecule has 0 bridgehead atoms. The Morgan fingerprint density at radius 3 is 2.37 bits per heavy atom. The summed E-state index contributed by atoms with van der Waals surface area (Å²) in [7, 11) is 0. The Labute approximate surface area is 158 Å². The van der Waals surface area contributed by atoms with Crippen molar-refractivity contribution in [2.24, 2.45) is 0 Å². The molecule has 27 heavy (non-hydrogen) atoms. The van der Waals surface area contributed by atoms with Crippen LogP contribution >= 0.6 is 11.3 Å². The third-order valence-corrected chi connectivity index (χ3v) is 4.96. The van der Waals surface area contributed by atoms with Crippen molar-refractivity contribution in [3.8, 4) is 0 Å². The number of benzene rings is 2. The lowest BCUT2D eigenvalue weighted by atomic mass is 10.0. The molecular weight excluding hydrogens is 373 g/mol. The van der Waals surface area contributed by atoms with Crippen LogP contribution in [0.25, 0.3) is 0 Å². The van der Waals surface area contributed by atoms with E-state index in [-0.39, 0.29) is 17.5 Å². The predicted octanol–water partition coefficient (Wildman–Crippen LogP) is 4.87. The average molecular weight is 390 g/mol. The topological polar surface area (TPSA) is 41.1 Å². The first-order valence-corrected chi connectivity index (χ1v) is 9.13. The monoisotopic (exact) mass is 390 g/mol. The van der Waals surface area contributed by atoms with Gasteiger partial charge in [-0.15, -0.1) is 11.3 Å². The molecule has 7 heteroatoms. The molecule has 3 aromatic rings. The minimum atomic E-state index is -0.718. The quantitative estimate of drug-likeness (QED) is 0.630. The molecule has 0 radical (unpaired) electrons. The van der Waals surface area contributed by atoms with Crippen molar-refractivity contribution < 1.29 is 18.0 Å². The van der Waals surface area contributed by atoms with Crippen LogP contribution < -0.4 is 10.6 Å². The molecule has 0 saturated heterocycles. The maximum Gasteiger partial charge on any atom is 0.241 e. The molecule has 3 rings (SSSR count). The van der Waals surface area contributed by atoms with Crippen LogP contribution in [0.3, 0.4) is 0 Å². The molecule has 2 N–H and O–H groups in total. The van der Waals surface area contributed by atoms with Crippen molar-refractivity contribution in [3.05, 3.63) is 87.9 Å². The van der Waals surface area contributed by atoms with Gasteiger partial charge in [-0.3, -0.25) is 10.1 Å². The van der Waals surface area contributed by atoms with Gasteiger partial charge in [-0.2, -0.15) is 0 Å². The number of carbonyl (C=O) groups is 1. The van der Waals surface area contributed by atoms with Crippen LogP contribution in [0.5, 0.6) is 0 Å². The van der Waals surface area contributed by atoms with Crippen LogP contribution in [0.1, 0.15) is 23.4 Å². The van der Waals surface area contributed by atoms with E-state index < -0.39 is 23.6 Å². The van der Waals surface area contributed by atoms with Crippen LogP contribution in [-0.2, 0) is 4.79 Å². The minimum absolute atomic E-state index is 0.219. The second-order valence-corrected chi connectivity index (χ2v) is 6.98. The fourth-order valence-corrected chi connectivity index (χ4v) is 3.42. The molecule has 2 atom stereocenters. The molecule has 1 aromatic heterocycles. The van der Waals surface area contributed by atoms with Crippen LogP contribution in [0.2, 0.25) is 0 Å². The largest absolute Gasteiger partial charge is 0.322 e. The summed E-state index contributed by atoms with van der Waals surface area (Å²) in [4.78, 5) is 13.4. The first-order valence-electron chi connectivity index (χ1n) is 8.25. The molecule has 0 aliphatic rings. The fourth-order valence-electron chi connectivity index (χ4n) is 2.61. The smallest absolute Gasteiger partial charge is 0.241 e. The molecular formula is C20H17F3N2OS. The van der Waals surface area contributed by atoms with Crippen molar-refractivity contribution in [1.29, 1.82) is 0 Å². The van der Waals surface area contributed by atoms with Gasteiger partial charge in [0.1, 0.15) is 17.5 Å². The summed E-state index contributed by atoms with van der Waals surface area (Å²) < 4.78 is 40.3. The summed E-state index contributed by atoms with van der Waals surface area (Å²) in [5.74, 6) is -2.22. The van der Waals surface area contributed by atoms with E-state index in [4.69, 9.17) is 0 Å². The number of anilines is 1. The summed E-state index contributed by atoms with van der Waals surface area (Å²) in [5.41, 5.74) is 0.568. The standard InChI is InChI=1S/C20H17F3N2OS/c1-12(20(26)25-17-11-15(22)8-9-16(17)23)24-19(18-3-2-10-27-18)13-4-6-14(21)7-5-13/h2-12,19,24H,1H3,(H,25,26)/t12-,19-/m1/s1. The van der Waals surface area contributed by atoms with Gasteiger partial charge in [0.25, 0.3) is 0 Å². The van der Waals surface area contributed by atoms with Crippen molar-refractivity contribution in [2.75, 3.05) is 5.32 Å². The van der Waals surface area contributed by atoms with Crippen molar-refractivity contribution in [3.63, 3.8) is 0 Å². The Kier molecular flexibility index (Phi) is 5.93. The van der Waals surface area contributed by atoms with Gasteiger partial charge in [-0.1, -0.05) is 18.2 Å². The molecule has 1 amide bonds. The number of halogens is 3. The van der Waals surface area contributed by atoms with E-state index in [1.165, 1.54) is 23.5 Å². The third kappa shape index (κ3) is 4.75. The van der Waals surface area contributed by atoms with E-state index in [0.29, 0.717) is 0 Å². The minimum Gasteiger partial charge on any atom is -0.322 e. The number of hydrogen-bond donors (Lipinski definition) is 2. The Balaban J connectivity index is 1.77. The van der Waals surface area contributed by atoms with Gasteiger partial charge < -0.3 is 5.32 Å². The lowest BCUT2D eigenvalue weighted by Crippen LogP contribution is -2.40. The fraction of sp³-hybridized carbons (Fsp3) is 0.150. The molecule has 0 aliphatic heterocycles. The summed E-state index contributed by atoms with van der Waals surface area (Å²) in [6.45, 7) is 1.62. The molecule has 0 saturated carbocycles. The van der Waals surface area contributed by atoms with Crippen LogP contribution in [0.4, 0.5) is 18.9 Å². The normalized spacial score (nSPS) is 13.2. The van der Waals surface area contributed by atoms with Gasteiger partial charge in [-0.25, -0.2) is 13.2 Å². The Morgan fingerprint density at radius 1 is 1.00 bits per heavy atom. The second kappa shape index (κ2) is 8.37. The first-order chi connectivity index (χ1) is 12.9. The first kappa shape index (κ1) is 19.1. The zero-order valence-corrected chi connectivity index (χ0v) is 15.2. The number of rotatable bonds is 6. The number of nitrogens with one attached hydrogen (secondary N) is 2. The Hall–Kier alpha value is -2.64. The van der Waals surface area contributed by atoms with Gasteiger partial charge in [0.15, 0.2) is 0 Å². The van der Waals surface area contributed by atoms with Crippen molar-refractivity contribution >= 4 is 22.9 Å². The predicted molar refractivity (Wildman–Crippen MR) is 100 cm³/mol. The SMILES string of the molecule is C[C@@H](N[C@H](c1ccc(F)cc1)c1cccs1)C(=O)Nc1cc(F)ccc1F. The van der Waals surface area contributed by atoms with Gasteiger partial charge in [0.2, 0.25) is 5.91 Å². The van der Waals surface area contributed by atoms with E-state index in [0.717, 1.165) is 28.6 Å². The number of thiophene rings is 1. The highest BCUT2D eigenvalue weighted by Gasteiger charge is 2.22. The molecule has 0 spiro atoms. The number of hydrogen-bond acceptors (Lipinski definition) is 3. The number of amides is 1. The second-order valence-electron chi connectivity index (χ2n) is 6.00.